The van der Waals surface area contributed by atoms with E-state index in [9.17, 15) is 9.59 Å². The van der Waals surface area contributed by atoms with Crippen LogP contribution in [0.25, 0.3) is 0 Å². The zero-order valence-corrected chi connectivity index (χ0v) is 13.4. The third-order valence-electron chi connectivity index (χ3n) is 3.14. The molecule has 0 bridgehead atoms. The van der Waals surface area contributed by atoms with Gasteiger partial charge in [-0.05, 0) is 51.1 Å². The number of aryl methyl sites for hydroxylation is 2. The Labute approximate surface area is 134 Å². The molecule has 2 amide bonds. The molecule has 6 nitrogen and oxygen atoms in total. The second-order valence-electron chi connectivity index (χ2n) is 5.05. The molecule has 0 saturated heterocycles. The maximum Gasteiger partial charge on any atom is 0.259 e. The number of hydrogen-bond donors (Lipinski definition) is 2. The highest BCUT2D eigenvalue weighted by molar-refractivity contribution is 6.05. The molecule has 0 saturated carbocycles. The monoisotopic (exact) mass is 316 g/mol. The van der Waals surface area contributed by atoms with E-state index in [1.807, 2.05) is 6.92 Å². The van der Waals surface area contributed by atoms with Gasteiger partial charge in [-0.15, -0.1) is 0 Å². The first-order chi connectivity index (χ1) is 11.0. The average molecular weight is 316 g/mol. The average Bonchev–Trinajstić information content (AvgIpc) is 2.85. The SMILES string of the molecule is CCNC(=O)COc1ccc(NC(=O)c2cc(C)oc2C)cc1. The van der Waals surface area contributed by atoms with Crippen molar-refractivity contribution in [3.63, 3.8) is 0 Å². The molecule has 0 aliphatic carbocycles. The van der Waals surface area contributed by atoms with Gasteiger partial charge in [-0.1, -0.05) is 0 Å². The van der Waals surface area contributed by atoms with Gasteiger partial charge in [-0.2, -0.15) is 0 Å². The van der Waals surface area contributed by atoms with Crippen molar-refractivity contribution in [2.75, 3.05) is 18.5 Å². The molecular formula is C17H20N2O4. The summed E-state index contributed by atoms with van der Waals surface area (Å²) in [4.78, 5) is 23.5. The van der Waals surface area contributed by atoms with Gasteiger partial charge in [0.2, 0.25) is 0 Å². The van der Waals surface area contributed by atoms with E-state index in [-0.39, 0.29) is 18.4 Å². The lowest BCUT2D eigenvalue weighted by Gasteiger charge is -2.08. The topological polar surface area (TPSA) is 80.6 Å². The van der Waals surface area contributed by atoms with Crippen LogP contribution in [0.3, 0.4) is 0 Å². The number of ether oxygens (including phenoxy) is 1. The highest BCUT2D eigenvalue weighted by Crippen LogP contribution is 2.19. The number of carbonyl (C=O) groups excluding carboxylic acids is 2. The summed E-state index contributed by atoms with van der Waals surface area (Å²) in [6.07, 6.45) is 0. The van der Waals surface area contributed by atoms with Crippen LogP contribution in [0.15, 0.2) is 34.7 Å². The van der Waals surface area contributed by atoms with Gasteiger partial charge >= 0.3 is 0 Å². The lowest BCUT2D eigenvalue weighted by Crippen LogP contribution is -2.28. The molecule has 0 aliphatic heterocycles. The van der Waals surface area contributed by atoms with E-state index in [1.165, 1.54) is 0 Å². The van der Waals surface area contributed by atoms with Crippen LogP contribution in [0.2, 0.25) is 0 Å². The molecule has 0 fully saturated rings. The van der Waals surface area contributed by atoms with E-state index >= 15 is 0 Å². The predicted molar refractivity (Wildman–Crippen MR) is 86.8 cm³/mol. The Kier molecular flexibility index (Phi) is 5.41. The predicted octanol–water partition coefficient (Wildman–Crippen LogP) is 2.66. The van der Waals surface area contributed by atoms with E-state index in [1.54, 1.807) is 44.2 Å². The number of anilines is 1. The minimum atomic E-state index is -0.227. The first kappa shape index (κ1) is 16.6. The van der Waals surface area contributed by atoms with Crippen LogP contribution >= 0.6 is 0 Å². The van der Waals surface area contributed by atoms with Crippen molar-refractivity contribution in [2.45, 2.75) is 20.8 Å². The molecule has 1 heterocycles. The largest absolute Gasteiger partial charge is 0.484 e. The van der Waals surface area contributed by atoms with Crippen LogP contribution in [-0.2, 0) is 4.79 Å². The van der Waals surface area contributed by atoms with Crippen molar-refractivity contribution in [1.82, 2.24) is 5.32 Å². The molecular weight excluding hydrogens is 296 g/mol. The lowest BCUT2D eigenvalue weighted by atomic mass is 10.2. The summed E-state index contributed by atoms with van der Waals surface area (Å²) in [6.45, 7) is 5.93. The fourth-order valence-corrected chi connectivity index (χ4v) is 2.09. The molecule has 0 radical (unpaired) electrons. The maximum absolute atomic E-state index is 12.2. The Balaban J connectivity index is 1.93. The Morgan fingerprint density at radius 2 is 1.87 bits per heavy atom. The molecule has 6 heteroatoms. The summed E-state index contributed by atoms with van der Waals surface area (Å²) < 4.78 is 10.7. The summed E-state index contributed by atoms with van der Waals surface area (Å²) in [6, 6.07) is 8.53. The Morgan fingerprint density at radius 1 is 1.17 bits per heavy atom. The summed E-state index contributed by atoms with van der Waals surface area (Å²) in [5, 5.41) is 5.44. The third kappa shape index (κ3) is 4.60. The summed E-state index contributed by atoms with van der Waals surface area (Å²) >= 11 is 0. The first-order valence-corrected chi connectivity index (χ1v) is 7.37. The number of hydrogen-bond acceptors (Lipinski definition) is 4. The number of nitrogens with one attached hydrogen (secondary N) is 2. The van der Waals surface area contributed by atoms with Gasteiger partial charge in [0.15, 0.2) is 6.61 Å². The highest BCUT2D eigenvalue weighted by atomic mass is 16.5. The number of amides is 2. The molecule has 2 rings (SSSR count). The summed E-state index contributed by atoms with van der Waals surface area (Å²) in [5.41, 5.74) is 1.15. The van der Waals surface area contributed by atoms with Crippen LogP contribution in [0.5, 0.6) is 5.75 Å². The van der Waals surface area contributed by atoms with Gasteiger partial charge in [-0.25, -0.2) is 0 Å². The van der Waals surface area contributed by atoms with Crippen LogP contribution in [0, 0.1) is 13.8 Å². The van der Waals surface area contributed by atoms with Gasteiger partial charge in [-0.3, -0.25) is 9.59 Å². The molecule has 122 valence electrons. The quantitative estimate of drug-likeness (QED) is 0.858. The number of carbonyl (C=O) groups is 2. The van der Waals surface area contributed by atoms with Crippen molar-refractivity contribution < 1.29 is 18.7 Å². The molecule has 0 spiro atoms. The van der Waals surface area contributed by atoms with Gasteiger partial charge < -0.3 is 19.8 Å². The van der Waals surface area contributed by atoms with Gasteiger partial charge in [0.1, 0.15) is 17.3 Å². The van der Waals surface area contributed by atoms with Crippen molar-refractivity contribution >= 4 is 17.5 Å². The zero-order chi connectivity index (χ0) is 16.8. The molecule has 0 aliphatic rings. The van der Waals surface area contributed by atoms with Crippen molar-refractivity contribution in [3.8, 4) is 5.75 Å². The molecule has 1 aromatic carbocycles. The molecule has 2 N–H and O–H groups in total. The number of furan rings is 1. The van der Waals surface area contributed by atoms with E-state index in [4.69, 9.17) is 9.15 Å². The summed E-state index contributed by atoms with van der Waals surface area (Å²) in [7, 11) is 0. The van der Waals surface area contributed by atoms with Crippen LogP contribution in [0.1, 0.15) is 28.8 Å². The second kappa shape index (κ2) is 7.49. The van der Waals surface area contributed by atoms with E-state index in [0.29, 0.717) is 35.1 Å². The van der Waals surface area contributed by atoms with Crippen LogP contribution < -0.4 is 15.4 Å². The number of rotatable bonds is 6. The van der Waals surface area contributed by atoms with E-state index in [0.717, 1.165) is 0 Å². The van der Waals surface area contributed by atoms with Crippen LogP contribution in [-0.4, -0.2) is 25.0 Å². The highest BCUT2D eigenvalue weighted by Gasteiger charge is 2.13. The fourth-order valence-electron chi connectivity index (χ4n) is 2.09. The first-order valence-electron chi connectivity index (χ1n) is 7.37. The van der Waals surface area contributed by atoms with Gasteiger partial charge in [0, 0.05) is 12.2 Å². The second-order valence-corrected chi connectivity index (χ2v) is 5.05. The standard InChI is InChI=1S/C17H20N2O4/c1-4-18-16(20)10-22-14-7-5-13(6-8-14)19-17(21)15-9-11(2)23-12(15)3/h5-9H,4,10H2,1-3H3,(H,18,20)(H,19,21). The number of benzene rings is 1. The zero-order valence-electron chi connectivity index (χ0n) is 13.4. The maximum atomic E-state index is 12.2. The molecule has 2 aromatic rings. The number of likely N-dealkylation sites (N-methyl/N-ethyl adjacent to an activating group) is 1. The van der Waals surface area contributed by atoms with Gasteiger partial charge in [0.25, 0.3) is 11.8 Å². The smallest absolute Gasteiger partial charge is 0.259 e. The van der Waals surface area contributed by atoms with Crippen molar-refractivity contribution in [1.29, 1.82) is 0 Å². The molecule has 23 heavy (non-hydrogen) atoms. The van der Waals surface area contributed by atoms with Crippen molar-refractivity contribution in [2.24, 2.45) is 0 Å². The van der Waals surface area contributed by atoms with Gasteiger partial charge in [0.05, 0.1) is 5.56 Å². The Bertz CT molecular complexity index is 689. The third-order valence-corrected chi connectivity index (χ3v) is 3.14. The Hall–Kier alpha value is -2.76. The van der Waals surface area contributed by atoms with E-state index < -0.39 is 0 Å². The normalized spacial score (nSPS) is 10.2. The fraction of sp³-hybridized carbons (Fsp3) is 0.294. The molecule has 0 atom stereocenters. The van der Waals surface area contributed by atoms with Crippen molar-refractivity contribution in [3.05, 3.63) is 47.4 Å². The minimum absolute atomic E-state index is 0.0347. The lowest BCUT2D eigenvalue weighted by molar-refractivity contribution is -0.122. The molecule has 1 aromatic heterocycles. The summed E-state index contributed by atoms with van der Waals surface area (Å²) in [5.74, 6) is 1.44. The Morgan fingerprint density at radius 3 is 2.43 bits per heavy atom. The van der Waals surface area contributed by atoms with Crippen LogP contribution in [0.4, 0.5) is 5.69 Å². The van der Waals surface area contributed by atoms with E-state index in [2.05, 4.69) is 10.6 Å². The molecule has 0 unspecified atom stereocenters. The minimum Gasteiger partial charge on any atom is -0.484 e.